The van der Waals surface area contributed by atoms with Crippen molar-refractivity contribution in [3.8, 4) is 11.5 Å². The van der Waals surface area contributed by atoms with Crippen molar-refractivity contribution in [2.45, 2.75) is 44.7 Å². The van der Waals surface area contributed by atoms with E-state index in [-0.39, 0.29) is 39.7 Å². The maximum Gasteiger partial charge on any atom is 0.332 e. The van der Waals surface area contributed by atoms with Gasteiger partial charge in [0.15, 0.2) is 22.7 Å². The van der Waals surface area contributed by atoms with E-state index in [0.717, 1.165) is 6.07 Å². The second kappa shape index (κ2) is 9.85. The molecule has 0 spiro atoms. The van der Waals surface area contributed by atoms with Crippen molar-refractivity contribution in [1.82, 2.24) is 18.7 Å². The van der Waals surface area contributed by atoms with Gasteiger partial charge in [0.25, 0.3) is 15.7 Å². The van der Waals surface area contributed by atoms with E-state index >= 15 is 0 Å². The molecule has 1 N–H and O–H groups in total. The largest absolute Gasteiger partial charge is 0.493 e. The molecule has 11 nitrogen and oxygen atoms in total. The molecule has 0 radical (unpaired) electrons. The highest BCUT2D eigenvalue weighted by Crippen LogP contribution is 2.33. The maximum absolute atomic E-state index is 13.1. The van der Waals surface area contributed by atoms with Gasteiger partial charge in [0.1, 0.15) is 10.7 Å². The van der Waals surface area contributed by atoms with Crippen molar-refractivity contribution in [2.24, 2.45) is 7.05 Å². The molecule has 0 aliphatic rings. The Bertz CT molecular complexity index is 1480. The summed E-state index contributed by atoms with van der Waals surface area (Å²) in [5.74, 6) is 0.718. The molecule has 2 heterocycles. The second-order valence-corrected chi connectivity index (χ2v) is 9.04. The van der Waals surface area contributed by atoms with Gasteiger partial charge in [-0.1, -0.05) is 13.8 Å². The van der Waals surface area contributed by atoms with Crippen LogP contribution in [0.3, 0.4) is 0 Å². The number of benzene rings is 1. The molecular weight excluding hydrogens is 464 g/mol. The van der Waals surface area contributed by atoms with E-state index in [1.54, 1.807) is 11.6 Å². The molecular formula is C22H28N4O7S. The first-order chi connectivity index (χ1) is 16.1. The second-order valence-electron chi connectivity index (χ2n) is 7.65. The fraction of sp³-hybridized carbons (Fsp3) is 0.409. The molecule has 0 aliphatic carbocycles. The minimum Gasteiger partial charge on any atom is -0.493 e. The summed E-state index contributed by atoms with van der Waals surface area (Å²) in [6, 6.07) is 2.56. The maximum atomic E-state index is 13.1. The molecule has 0 amide bonds. The van der Waals surface area contributed by atoms with Crippen LogP contribution in [-0.4, -0.2) is 45.9 Å². The summed E-state index contributed by atoms with van der Waals surface area (Å²) in [6.45, 7) is 4.48. The first-order valence-electron chi connectivity index (χ1n) is 10.7. The Morgan fingerprint density at radius 1 is 1.00 bits per heavy atom. The quantitative estimate of drug-likeness (QED) is 0.449. The highest BCUT2D eigenvalue weighted by molar-refractivity contribution is 7.86. The Kier molecular flexibility index (Phi) is 7.32. The Morgan fingerprint density at radius 2 is 1.59 bits per heavy atom. The molecule has 184 valence electrons. The number of rotatable bonds is 9. The van der Waals surface area contributed by atoms with Crippen molar-refractivity contribution in [2.75, 3.05) is 14.2 Å². The topological polar surface area (TPSA) is 135 Å². The van der Waals surface area contributed by atoms with Crippen molar-refractivity contribution < 1.29 is 22.4 Å². The molecule has 0 unspecified atom stereocenters. The van der Waals surface area contributed by atoms with Crippen molar-refractivity contribution >= 4 is 33.4 Å². The van der Waals surface area contributed by atoms with Crippen LogP contribution in [-0.2, 0) is 30.3 Å². The van der Waals surface area contributed by atoms with E-state index in [9.17, 15) is 22.6 Å². The average molecular weight is 493 g/mol. The van der Waals surface area contributed by atoms with Gasteiger partial charge in [-0.05, 0) is 36.6 Å². The SMILES string of the molecule is CCCn1c(=O)c2c(nc(/C=C/c3cc(OC)c(OC)cc3S(=O)(=O)O)n2C)n(CCC)c1=O. The molecule has 0 fully saturated rings. The van der Waals surface area contributed by atoms with E-state index in [2.05, 4.69) is 4.98 Å². The van der Waals surface area contributed by atoms with Crippen LogP contribution in [0.15, 0.2) is 26.6 Å². The highest BCUT2D eigenvalue weighted by atomic mass is 32.2. The Hall–Kier alpha value is -3.38. The van der Waals surface area contributed by atoms with Crippen LogP contribution in [0.25, 0.3) is 23.3 Å². The lowest BCUT2D eigenvalue weighted by atomic mass is 10.2. The molecule has 1 aromatic carbocycles. The number of aryl methyl sites for hydroxylation is 2. The summed E-state index contributed by atoms with van der Waals surface area (Å²) in [7, 11) is -0.187. The number of nitrogens with zero attached hydrogens (tertiary/aromatic N) is 4. The van der Waals surface area contributed by atoms with Crippen LogP contribution < -0.4 is 20.7 Å². The summed E-state index contributed by atoms with van der Waals surface area (Å²) in [6.07, 6.45) is 4.22. The first-order valence-corrected chi connectivity index (χ1v) is 12.1. The molecule has 0 bridgehead atoms. The minimum absolute atomic E-state index is 0.126. The van der Waals surface area contributed by atoms with E-state index in [1.807, 2.05) is 13.8 Å². The number of hydrogen-bond donors (Lipinski definition) is 1. The Balaban J connectivity index is 2.26. The number of methoxy groups -OCH3 is 2. The van der Waals surface area contributed by atoms with E-state index in [4.69, 9.17) is 9.47 Å². The van der Waals surface area contributed by atoms with Gasteiger partial charge in [0.2, 0.25) is 0 Å². The number of imidazole rings is 1. The summed E-state index contributed by atoms with van der Waals surface area (Å²) in [5.41, 5.74) is -0.198. The van der Waals surface area contributed by atoms with Crippen molar-refractivity contribution in [3.63, 3.8) is 0 Å². The Morgan fingerprint density at radius 3 is 2.15 bits per heavy atom. The van der Waals surface area contributed by atoms with Crippen LogP contribution >= 0.6 is 0 Å². The van der Waals surface area contributed by atoms with Gasteiger partial charge in [0.05, 0.1) is 14.2 Å². The molecule has 3 aromatic rings. The standard InChI is InChI=1S/C22H28N4O7S/c1-6-10-25-20-19(21(27)26(11-7-2)22(25)28)24(3)18(23-20)9-8-14-12-15(32-4)16(33-5)13-17(14)34(29,30)31/h8-9,12-13H,6-7,10-11H2,1-5H3,(H,29,30,31)/b9-8+. The fourth-order valence-corrected chi connectivity index (χ4v) is 4.45. The highest BCUT2D eigenvalue weighted by Gasteiger charge is 2.21. The van der Waals surface area contributed by atoms with Gasteiger partial charge in [-0.15, -0.1) is 0 Å². The third-order valence-electron chi connectivity index (χ3n) is 5.38. The predicted molar refractivity (Wildman–Crippen MR) is 128 cm³/mol. The normalized spacial score (nSPS) is 12.1. The van der Waals surface area contributed by atoms with E-state index in [1.165, 1.54) is 41.6 Å². The number of hydrogen-bond acceptors (Lipinski definition) is 7. The summed E-state index contributed by atoms with van der Waals surface area (Å²) < 4.78 is 48.2. The monoisotopic (exact) mass is 492 g/mol. The van der Waals surface area contributed by atoms with E-state index < -0.39 is 21.4 Å². The molecule has 0 atom stereocenters. The molecule has 12 heteroatoms. The lowest BCUT2D eigenvalue weighted by Crippen LogP contribution is -2.40. The molecule has 2 aromatic heterocycles. The zero-order valence-electron chi connectivity index (χ0n) is 19.7. The number of ether oxygens (including phenoxy) is 2. The first kappa shape index (κ1) is 25.2. The minimum atomic E-state index is -4.58. The van der Waals surface area contributed by atoms with Crippen molar-refractivity contribution in [3.05, 3.63) is 44.4 Å². The van der Waals surface area contributed by atoms with Crippen LogP contribution in [0.5, 0.6) is 11.5 Å². The van der Waals surface area contributed by atoms with E-state index in [0.29, 0.717) is 25.2 Å². The molecule has 34 heavy (non-hydrogen) atoms. The smallest absolute Gasteiger partial charge is 0.332 e. The van der Waals surface area contributed by atoms with Gasteiger partial charge in [0, 0.05) is 26.2 Å². The van der Waals surface area contributed by atoms with Gasteiger partial charge in [-0.25, -0.2) is 9.78 Å². The summed E-state index contributed by atoms with van der Waals surface area (Å²) in [4.78, 5) is 30.1. The molecule has 0 saturated heterocycles. The van der Waals surface area contributed by atoms with Crippen LogP contribution in [0.4, 0.5) is 0 Å². The zero-order valence-corrected chi connectivity index (χ0v) is 20.5. The lowest BCUT2D eigenvalue weighted by molar-refractivity contribution is 0.353. The molecule has 0 saturated carbocycles. The summed E-state index contributed by atoms with van der Waals surface area (Å²) in [5, 5.41) is 0. The van der Waals surface area contributed by atoms with Gasteiger partial charge < -0.3 is 14.0 Å². The predicted octanol–water partition coefficient (Wildman–Crippen LogP) is 2.15. The van der Waals surface area contributed by atoms with Gasteiger partial charge in [-0.2, -0.15) is 8.42 Å². The van der Waals surface area contributed by atoms with Gasteiger partial charge in [-0.3, -0.25) is 18.5 Å². The molecule has 3 rings (SSSR count). The van der Waals surface area contributed by atoms with Gasteiger partial charge >= 0.3 is 5.69 Å². The number of fused-ring (bicyclic) bond motifs is 1. The Labute approximate surface area is 196 Å². The molecule has 0 aliphatic heterocycles. The van der Waals surface area contributed by atoms with Crippen LogP contribution in [0.2, 0.25) is 0 Å². The fourth-order valence-electron chi connectivity index (χ4n) is 3.77. The lowest BCUT2D eigenvalue weighted by Gasteiger charge is -2.11. The van der Waals surface area contributed by atoms with Crippen LogP contribution in [0.1, 0.15) is 38.1 Å². The third-order valence-corrected chi connectivity index (χ3v) is 6.29. The third kappa shape index (κ3) is 4.50. The van der Waals surface area contributed by atoms with Crippen molar-refractivity contribution in [1.29, 1.82) is 0 Å². The zero-order chi connectivity index (χ0) is 25.2. The average Bonchev–Trinajstić information content (AvgIpc) is 3.12. The van der Waals surface area contributed by atoms with Crippen LogP contribution in [0, 0.1) is 0 Å². The number of aromatic nitrogens is 4. The summed E-state index contributed by atoms with van der Waals surface area (Å²) >= 11 is 0.